The molecular formula is C22H25NO4. The largest absolute Gasteiger partial charge is 0.493 e. The van der Waals surface area contributed by atoms with Crippen LogP contribution in [-0.2, 0) is 9.53 Å². The molecule has 0 N–H and O–H groups in total. The molecule has 4 bridgehead atoms. The highest BCUT2D eigenvalue weighted by atomic mass is 16.6. The minimum absolute atomic E-state index is 0.0154. The molecule has 0 atom stereocenters. The Kier molecular flexibility index (Phi) is 3.81. The normalized spacial score (nSPS) is 35.3. The van der Waals surface area contributed by atoms with Gasteiger partial charge in [-0.05, 0) is 68.4 Å². The molecule has 6 rings (SSSR count). The Bertz CT molecular complexity index is 819. The van der Waals surface area contributed by atoms with Crippen LogP contribution in [0.2, 0.25) is 0 Å². The van der Waals surface area contributed by atoms with E-state index >= 15 is 0 Å². The Morgan fingerprint density at radius 2 is 1.74 bits per heavy atom. The lowest BCUT2D eigenvalue weighted by Gasteiger charge is -2.55. The highest BCUT2D eigenvalue weighted by molar-refractivity contribution is 6.09. The van der Waals surface area contributed by atoms with Gasteiger partial charge < -0.3 is 14.2 Å². The second kappa shape index (κ2) is 6.11. The van der Waals surface area contributed by atoms with Crippen LogP contribution in [0.4, 0.5) is 0 Å². The summed E-state index contributed by atoms with van der Waals surface area (Å²) >= 11 is 0. The molecule has 0 saturated heterocycles. The number of nitrogens with zero attached hydrogens (tertiary/aromatic N) is 1. The summed E-state index contributed by atoms with van der Waals surface area (Å²) in [5, 5.41) is 0. The van der Waals surface area contributed by atoms with Crippen molar-refractivity contribution < 1.29 is 19.0 Å². The lowest BCUT2D eigenvalue weighted by molar-refractivity contribution is -0.131. The molecule has 5 aliphatic rings. The van der Waals surface area contributed by atoms with Crippen molar-refractivity contribution in [1.82, 2.24) is 0 Å². The van der Waals surface area contributed by atoms with E-state index in [0.717, 1.165) is 42.6 Å². The average molecular weight is 367 g/mol. The number of carbonyl (C=O) groups excluding carboxylic acids is 1. The first-order valence-corrected chi connectivity index (χ1v) is 9.84. The Morgan fingerprint density at radius 3 is 2.33 bits per heavy atom. The van der Waals surface area contributed by atoms with Gasteiger partial charge in [0.2, 0.25) is 5.90 Å². The van der Waals surface area contributed by atoms with Gasteiger partial charge in [0, 0.05) is 11.0 Å². The van der Waals surface area contributed by atoms with Crippen molar-refractivity contribution in [3.05, 3.63) is 29.5 Å². The van der Waals surface area contributed by atoms with Crippen LogP contribution in [0.15, 0.2) is 28.9 Å². The minimum Gasteiger partial charge on any atom is -0.493 e. The number of ether oxygens (including phenoxy) is 3. The summed E-state index contributed by atoms with van der Waals surface area (Å²) in [4.78, 5) is 17.3. The van der Waals surface area contributed by atoms with Gasteiger partial charge in [0.05, 0.1) is 14.2 Å². The maximum absolute atomic E-state index is 12.6. The summed E-state index contributed by atoms with van der Waals surface area (Å²) in [7, 11) is 3.19. The zero-order valence-electron chi connectivity index (χ0n) is 15.9. The molecule has 4 saturated carbocycles. The third-order valence-electron chi connectivity index (χ3n) is 6.84. The van der Waals surface area contributed by atoms with Gasteiger partial charge in [-0.3, -0.25) is 0 Å². The van der Waals surface area contributed by atoms with Crippen LogP contribution in [0, 0.1) is 23.2 Å². The van der Waals surface area contributed by atoms with Crippen LogP contribution in [0.1, 0.15) is 44.1 Å². The van der Waals surface area contributed by atoms with Gasteiger partial charge in [-0.2, -0.15) is 0 Å². The number of benzene rings is 1. The summed E-state index contributed by atoms with van der Waals surface area (Å²) < 4.78 is 16.5. The highest BCUT2D eigenvalue weighted by Gasteiger charge is 2.55. The third-order valence-corrected chi connectivity index (χ3v) is 6.84. The molecule has 1 aliphatic heterocycles. The monoisotopic (exact) mass is 367 g/mol. The molecular weight excluding hydrogens is 342 g/mol. The summed E-state index contributed by atoms with van der Waals surface area (Å²) in [6.07, 6.45) is 9.18. The molecule has 0 amide bonds. The Labute approximate surface area is 159 Å². The van der Waals surface area contributed by atoms with Gasteiger partial charge in [0.1, 0.15) is 0 Å². The average Bonchev–Trinajstić information content (AvgIpc) is 3.02. The topological polar surface area (TPSA) is 57.1 Å². The summed E-state index contributed by atoms with van der Waals surface area (Å²) in [6, 6.07) is 5.59. The van der Waals surface area contributed by atoms with Crippen molar-refractivity contribution in [3.8, 4) is 11.5 Å². The van der Waals surface area contributed by atoms with E-state index in [1.165, 1.54) is 19.3 Å². The Morgan fingerprint density at radius 1 is 1.07 bits per heavy atom. The molecule has 0 unspecified atom stereocenters. The minimum atomic E-state index is -0.356. The smallest absolute Gasteiger partial charge is 0.363 e. The number of hydrogen-bond donors (Lipinski definition) is 0. The predicted molar refractivity (Wildman–Crippen MR) is 102 cm³/mol. The summed E-state index contributed by atoms with van der Waals surface area (Å²) in [5.74, 6) is 3.88. The molecule has 5 heteroatoms. The molecule has 4 fully saturated rings. The van der Waals surface area contributed by atoms with E-state index in [0.29, 0.717) is 23.1 Å². The number of hydrogen-bond acceptors (Lipinski definition) is 5. The first-order chi connectivity index (χ1) is 13.1. The molecule has 5 nitrogen and oxygen atoms in total. The quantitative estimate of drug-likeness (QED) is 0.591. The zero-order chi connectivity index (χ0) is 18.6. The van der Waals surface area contributed by atoms with Gasteiger partial charge in [0.15, 0.2) is 17.2 Å². The van der Waals surface area contributed by atoms with Crippen molar-refractivity contribution in [2.45, 2.75) is 38.5 Å². The maximum Gasteiger partial charge on any atom is 0.363 e. The predicted octanol–water partition coefficient (Wildman–Crippen LogP) is 4.22. The molecule has 142 valence electrons. The van der Waals surface area contributed by atoms with Crippen molar-refractivity contribution >= 4 is 17.9 Å². The van der Waals surface area contributed by atoms with Crippen molar-refractivity contribution in [3.63, 3.8) is 0 Å². The standard InChI is InChI=1S/C22H25NO4/c1-25-18-5-3-4-16(19(18)26-2)9-17-20(24)27-21(23-17)22-10-13-6-14(11-22)8-15(7-13)12-22/h3-5,9,13-15H,6-8,10-12H2,1-2H3/b17-9-. The van der Waals surface area contributed by atoms with Crippen molar-refractivity contribution in [2.24, 2.45) is 28.2 Å². The van der Waals surface area contributed by atoms with E-state index in [-0.39, 0.29) is 11.4 Å². The molecule has 1 aromatic carbocycles. The number of methoxy groups -OCH3 is 2. The molecule has 1 heterocycles. The first-order valence-electron chi connectivity index (χ1n) is 9.84. The second-order valence-electron chi connectivity index (χ2n) is 8.62. The first kappa shape index (κ1) is 16.8. The number of para-hydroxylation sites is 1. The van der Waals surface area contributed by atoms with Crippen LogP contribution >= 0.6 is 0 Å². The van der Waals surface area contributed by atoms with E-state index in [2.05, 4.69) is 0 Å². The van der Waals surface area contributed by atoms with Gasteiger partial charge in [0.25, 0.3) is 0 Å². The van der Waals surface area contributed by atoms with Gasteiger partial charge in [-0.25, -0.2) is 9.79 Å². The van der Waals surface area contributed by atoms with E-state index < -0.39 is 0 Å². The van der Waals surface area contributed by atoms with Gasteiger partial charge in [-0.1, -0.05) is 12.1 Å². The highest BCUT2D eigenvalue weighted by Crippen LogP contribution is 2.61. The van der Waals surface area contributed by atoms with E-state index in [4.69, 9.17) is 19.2 Å². The number of rotatable bonds is 4. The van der Waals surface area contributed by atoms with E-state index in [1.807, 2.05) is 18.2 Å². The lowest BCUT2D eigenvalue weighted by atomic mass is 9.49. The second-order valence-corrected chi connectivity index (χ2v) is 8.62. The SMILES string of the molecule is COc1cccc(/C=C2\N=C(C34CC5CC(CC(C5)C3)C4)OC2=O)c1OC. The lowest BCUT2D eigenvalue weighted by Crippen LogP contribution is -2.50. The molecule has 0 spiro atoms. The van der Waals surface area contributed by atoms with Crippen LogP contribution in [-0.4, -0.2) is 26.1 Å². The van der Waals surface area contributed by atoms with Crippen molar-refractivity contribution in [2.75, 3.05) is 14.2 Å². The van der Waals surface area contributed by atoms with Gasteiger partial charge in [-0.15, -0.1) is 0 Å². The fourth-order valence-corrected chi connectivity index (χ4v) is 6.18. The van der Waals surface area contributed by atoms with E-state index in [9.17, 15) is 4.79 Å². The fourth-order valence-electron chi connectivity index (χ4n) is 6.18. The molecule has 0 aromatic heterocycles. The molecule has 1 aromatic rings. The third kappa shape index (κ3) is 2.67. The molecule has 0 radical (unpaired) electrons. The number of esters is 1. The fraction of sp³-hybridized carbons (Fsp3) is 0.545. The number of carbonyl (C=O) groups is 1. The zero-order valence-corrected chi connectivity index (χ0v) is 15.9. The van der Waals surface area contributed by atoms with Crippen molar-refractivity contribution in [1.29, 1.82) is 0 Å². The van der Waals surface area contributed by atoms with Crippen LogP contribution in [0.25, 0.3) is 6.08 Å². The van der Waals surface area contributed by atoms with Crippen LogP contribution in [0.5, 0.6) is 11.5 Å². The van der Waals surface area contributed by atoms with Crippen LogP contribution in [0.3, 0.4) is 0 Å². The molecule has 4 aliphatic carbocycles. The number of aliphatic imine (C=N–C) groups is 1. The Hall–Kier alpha value is -2.30. The van der Waals surface area contributed by atoms with Crippen LogP contribution < -0.4 is 9.47 Å². The van der Waals surface area contributed by atoms with E-state index in [1.54, 1.807) is 20.3 Å². The molecule has 27 heavy (non-hydrogen) atoms. The maximum atomic E-state index is 12.6. The Balaban J connectivity index is 1.50. The number of cyclic esters (lactones) is 1. The summed E-state index contributed by atoms with van der Waals surface area (Å²) in [6.45, 7) is 0. The summed E-state index contributed by atoms with van der Waals surface area (Å²) in [5.41, 5.74) is 1.10. The van der Waals surface area contributed by atoms with Gasteiger partial charge >= 0.3 is 5.97 Å².